The molecule has 6 heteroatoms. The molecule has 0 atom stereocenters. The summed E-state index contributed by atoms with van der Waals surface area (Å²) >= 11 is 0. The molecule has 0 amide bonds. The van der Waals surface area contributed by atoms with Gasteiger partial charge in [-0.15, -0.1) is 12.4 Å². The van der Waals surface area contributed by atoms with Crippen molar-refractivity contribution in [1.29, 1.82) is 10.8 Å². The van der Waals surface area contributed by atoms with Gasteiger partial charge in [0.2, 0.25) is 0 Å². The molecule has 13 heavy (non-hydrogen) atoms. The van der Waals surface area contributed by atoms with E-state index in [1.54, 1.807) is 11.9 Å². The summed E-state index contributed by atoms with van der Waals surface area (Å²) in [5.41, 5.74) is 5.06. The number of halogens is 1. The highest BCUT2D eigenvalue weighted by molar-refractivity contribution is 5.94. The molecular formula is C7H18ClN5. The average molecular weight is 208 g/mol. The van der Waals surface area contributed by atoms with Crippen molar-refractivity contribution in [2.75, 3.05) is 13.6 Å². The Hall–Kier alpha value is -0.970. The number of hydrogen-bond donors (Lipinski definition) is 4. The molecule has 0 aromatic heterocycles. The Morgan fingerprint density at radius 1 is 1.46 bits per heavy atom. The zero-order valence-electron chi connectivity index (χ0n) is 8.05. The molecule has 0 aromatic carbocycles. The first-order chi connectivity index (χ1) is 5.57. The first-order valence-corrected chi connectivity index (χ1v) is 3.98. The molecule has 0 aliphatic heterocycles. The molecule has 0 aliphatic carbocycles. The van der Waals surface area contributed by atoms with Crippen molar-refractivity contribution in [1.82, 2.24) is 10.2 Å². The molecule has 0 unspecified atom stereocenters. The number of rotatable bonds is 3. The van der Waals surface area contributed by atoms with Gasteiger partial charge in [0.05, 0.1) is 0 Å². The summed E-state index contributed by atoms with van der Waals surface area (Å²) in [7, 11) is 1.80. The summed E-state index contributed by atoms with van der Waals surface area (Å²) in [4.78, 5) is 1.73. The second-order valence-electron chi connectivity index (χ2n) is 2.66. The van der Waals surface area contributed by atoms with Crippen molar-refractivity contribution in [2.45, 2.75) is 19.8 Å². The standard InChI is InChI=1S/C7H17N5.ClH/c1-3-4-5-12(2)7(10)11-6(8)9;/h3-5H2,1-2H3,(H5,8,9,10,11);1H. The second-order valence-corrected chi connectivity index (χ2v) is 2.66. The van der Waals surface area contributed by atoms with Crippen molar-refractivity contribution in [2.24, 2.45) is 5.73 Å². The molecule has 0 saturated carbocycles. The van der Waals surface area contributed by atoms with Gasteiger partial charge in [0, 0.05) is 13.6 Å². The fourth-order valence-corrected chi connectivity index (χ4v) is 0.730. The monoisotopic (exact) mass is 207 g/mol. The topological polar surface area (TPSA) is 89.0 Å². The number of unbranched alkanes of at least 4 members (excludes halogenated alkanes) is 1. The summed E-state index contributed by atoms with van der Waals surface area (Å²) in [6.45, 7) is 2.91. The van der Waals surface area contributed by atoms with Crippen molar-refractivity contribution in [3.63, 3.8) is 0 Å². The van der Waals surface area contributed by atoms with Crippen LogP contribution in [-0.2, 0) is 0 Å². The minimum Gasteiger partial charge on any atom is -0.370 e. The zero-order chi connectivity index (χ0) is 9.56. The van der Waals surface area contributed by atoms with Gasteiger partial charge in [-0.3, -0.25) is 16.1 Å². The van der Waals surface area contributed by atoms with Crippen LogP contribution >= 0.6 is 12.4 Å². The third-order valence-electron chi connectivity index (χ3n) is 1.48. The van der Waals surface area contributed by atoms with Gasteiger partial charge in [0.25, 0.3) is 0 Å². The summed E-state index contributed by atoms with van der Waals surface area (Å²) in [6.07, 6.45) is 2.14. The summed E-state index contributed by atoms with van der Waals surface area (Å²) < 4.78 is 0. The molecule has 0 aromatic rings. The van der Waals surface area contributed by atoms with Crippen LogP contribution in [0.3, 0.4) is 0 Å². The normalized spacial score (nSPS) is 8.46. The predicted molar refractivity (Wildman–Crippen MR) is 57.6 cm³/mol. The molecule has 5 nitrogen and oxygen atoms in total. The zero-order valence-corrected chi connectivity index (χ0v) is 8.87. The first kappa shape index (κ1) is 14.5. The van der Waals surface area contributed by atoms with E-state index >= 15 is 0 Å². The Kier molecular flexibility index (Phi) is 8.58. The van der Waals surface area contributed by atoms with Crippen LogP contribution in [0.4, 0.5) is 0 Å². The lowest BCUT2D eigenvalue weighted by molar-refractivity contribution is 0.471. The highest BCUT2D eigenvalue weighted by Gasteiger charge is 2.02. The van der Waals surface area contributed by atoms with Crippen LogP contribution in [-0.4, -0.2) is 30.4 Å². The van der Waals surface area contributed by atoms with Gasteiger partial charge in [0.15, 0.2) is 11.9 Å². The third-order valence-corrected chi connectivity index (χ3v) is 1.48. The molecule has 0 heterocycles. The Morgan fingerprint density at radius 2 is 2.00 bits per heavy atom. The van der Waals surface area contributed by atoms with Gasteiger partial charge in [-0.25, -0.2) is 0 Å². The second kappa shape index (κ2) is 7.67. The largest absolute Gasteiger partial charge is 0.370 e. The van der Waals surface area contributed by atoms with Gasteiger partial charge >= 0.3 is 0 Å². The summed E-state index contributed by atoms with van der Waals surface area (Å²) in [5.74, 6) is -0.0145. The molecular weight excluding hydrogens is 190 g/mol. The van der Waals surface area contributed by atoms with E-state index in [4.69, 9.17) is 16.6 Å². The molecule has 5 N–H and O–H groups in total. The van der Waals surface area contributed by atoms with E-state index in [9.17, 15) is 0 Å². The predicted octanol–water partition coefficient (Wildman–Crippen LogP) is 0.558. The van der Waals surface area contributed by atoms with Gasteiger partial charge < -0.3 is 10.6 Å². The molecule has 0 bridgehead atoms. The number of guanidine groups is 2. The fraction of sp³-hybridized carbons (Fsp3) is 0.714. The molecule has 0 spiro atoms. The summed E-state index contributed by atoms with van der Waals surface area (Å²) in [6, 6.07) is 0. The van der Waals surface area contributed by atoms with Crippen LogP contribution < -0.4 is 11.1 Å². The Bertz CT molecular complexity index is 170. The van der Waals surface area contributed by atoms with Crippen molar-refractivity contribution in [3.05, 3.63) is 0 Å². The summed E-state index contributed by atoms with van der Waals surface area (Å²) in [5, 5.41) is 16.7. The van der Waals surface area contributed by atoms with Crippen molar-refractivity contribution < 1.29 is 0 Å². The number of nitrogens with zero attached hydrogens (tertiary/aromatic N) is 1. The Labute approximate surface area is 85.1 Å². The number of nitrogens with one attached hydrogen (secondary N) is 3. The molecule has 0 aliphatic rings. The van der Waals surface area contributed by atoms with Crippen LogP contribution in [0.25, 0.3) is 0 Å². The van der Waals surface area contributed by atoms with E-state index in [1.165, 1.54) is 0 Å². The van der Waals surface area contributed by atoms with E-state index in [2.05, 4.69) is 12.2 Å². The molecule has 0 rings (SSSR count). The quantitative estimate of drug-likeness (QED) is 0.403. The fourth-order valence-electron chi connectivity index (χ4n) is 0.730. The maximum absolute atomic E-state index is 7.40. The van der Waals surface area contributed by atoms with E-state index in [1.807, 2.05) is 0 Å². The SMILES string of the molecule is CCCCN(C)C(=N)NC(=N)N.Cl. The Balaban J connectivity index is 0. The third kappa shape index (κ3) is 7.39. The van der Waals surface area contributed by atoms with Gasteiger partial charge in [-0.05, 0) is 6.42 Å². The maximum atomic E-state index is 7.40. The van der Waals surface area contributed by atoms with Crippen LogP contribution in [0.15, 0.2) is 0 Å². The average Bonchev–Trinajstić information content (AvgIpc) is 1.98. The lowest BCUT2D eigenvalue weighted by atomic mass is 10.3. The Morgan fingerprint density at radius 3 is 2.38 bits per heavy atom. The van der Waals surface area contributed by atoms with Crippen LogP contribution in [0.2, 0.25) is 0 Å². The van der Waals surface area contributed by atoms with E-state index < -0.39 is 0 Å². The highest BCUT2D eigenvalue weighted by Crippen LogP contribution is 1.90. The smallest absolute Gasteiger partial charge is 0.197 e. The molecule has 0 fully saturated rings. The van der Waals surface area contributed by atoms with Crippen molar-refractivity contribution in [3.8, 4) is 0 Å². The van der Waals surface area contributed by atoms with Gasteiger partial charge in [0.1, 0.15) is 0 Å². The van der Waals surface area contributed by atoms with E-state index in [0.717, 1.165) is 19.4 Å². The first-order valence-electron chi connectivity index (χ1n) is 3.98. The van der Waals surface area contributed by atoms with E-state index in [0.29, 0.717) is 0 Å². The molecule has 78 valence electrons. The lowest BCUT2D eigenvalue weighted by Crippen LogP contribution is -2.44. The van der Waals surface area contributed by atoms with E-state index in [-0.39, 0.29) is 24.3 Å². The molecule has 0 saturated heterocycles. The minimum atomic E-state index is -0.191. The van der Waals surface area contributed by atoms with Crippen LogP contribution in [0, 0.1) is 10.8 Å². The minimum absolute atomic E-state index is 0. The van der Waals surface area contributed by atoms with Gasteiger partial charge in [-0.1, -0.05) is 13.3 Å². The number of hydrogen-bond acceptors (Lipinski definition) is 2. The highest BCUT2D eigenvalue weighted by atomic mass is 35.5. The van der Waals surface area contributed by atoms with Crippen LogP contribution in [0.1, 0.15) is 19.8 Å². The van der Waals surface area contributed by atoms with Crippen molar-refractivity contribution >= 4 is 24.3 Å². The maximum Gasteiger partial charge on any atom is 0.197 e. The molecule has 0 radical (unpaired) electrons. The van der Waals surface area contributed by atoms with Gasteiger partial charge in [-0.2, -0.15) is 0 Å². The lowest BCUT2D eigenvalue weighted by Gasteiger charge is -2.19. The van der Waals surface area contributed by atoms with Crippen LogP contribution in [0.5, 0.6) is 0 Å². The number of nitrogens with two attached hydrogens (primary N) is 1.